The van der Waals surface area contributed by atoms with Crippen LogP contribution in [-0.4, -0.2) is 79.0 Å². The molecule has 1 N–H and O–H groups in total. The third-order valence-electron chi connectivity index (χ3n) is 9.85. The van der Waals surface area contributed by atoms with Gasteiger partial charge in [0.1, 0.15) is 11.6 Å². The lowest BCUT2D eigenvalue weighted by molar-refractivity contribution is -0.143. The number of aryl methyl sites for hydroxylation is 1. The first-order valence-electron chi connectivity index (χ1n) is 16.9. The Morgan fingerprint density at radius 2 is 1.73 bits per heavy atom. The van der Waals surface area contributed by atoms with Crippen LogP contribution in [-0.2, 0) is 42.3 Å². The fraction of sp³-hybridized carbons (Fsp3) is 0.629. The van der Waals surface area contributed by atoms with Crippen molar-refractivity contribution in [1.29, 1.82) is 0 Å². The van der Waals surface area contributed by atoms with E-state index in [1.807, 2.05) is 25.5 Å². The highest BCUT2D eigenvalue weighted by Crippen LogP contribution is 2.41. The number of hydrogen-bond acceptors (Lipinski definition) is 7. The molecule has 1 spiro atoms. The third kappa shape index (κ3) is 8.79. The molecule has 2 fully saturated rings. The maximum absolute atomic E-state index is 11.8. The smallest absolute Gasteiger partial charge is 0.305 e. The van der Waals surface area contributed by atoms with Crippen LogP contribution in [0.1, 0.15) is 88.5 Å². The van der Waals surface area contributed by atoms with Crippen molar-refractivity contribution in [1.82, 2.24) is 34.2 Å². The Morgan fingerprint density at radius 1 is 0.977 bits per heavy atom. The molecule has 5 rings (SSSR count). The van der Waals surface area contributed by atoms with E-state index in [4.69, 9.17) is 4.74 Å². The van der Waals surface area contributed by atoms with Crippen LogP contribution in [0.2, 0.25) is 0 Å². The Hall–Kier alpha value is -3.01. The number of ether oxygens (including phenoxy) is 1. The maximum Gasteiger partial charge on any atom is 0.305 e. The molecule has 0 unspecified atom stereocenters. The number of hydrogen-bond donors (Lipinski definition) is 1. The van der Waals surface area contributed by atoms with Gasteiger partial charge in [-0.3, -0.25) is 14.6 Å². The number of piperidine rings is 1. The lowest BCUT2D eigenvalue weighted by Gasteiger charge is -2.42. The van der Waals surface area contributed by atoms with Crippen molar-refractivity contribution in [3.8, 4) is 0 Å². The van der Waals surface area contributed by atoms with Gasteiger partial charge in [-0.15, -0.1) is 0 Å². The van der Waals surface area contributed by atoms with Gasteiger partial charge in [0, 0.05) is 63.4 Å². The molecule has 2 aliphatic heterocycles. The number of H-pyrrole nitrogens is 1. The molecule has 4 heterocycles. The number of carbonyl (C=O) groups excluding carboxylic acids is 1. The van der Waals surface area contributed by atoms with Crippen molar-refractivity contribution in [3.63, 3.8) is 0 Å². The second-order valence-corrected chi connectivity index (χ2v) is 12.9. The first kappa shape index (κ1) is 32.4. The van der Waals surface area contributed by atoms with Crippen molar-refractivity contribution < 1.29 is 9.53 Å². The minimum atomic E-state index is -0.140. The number of aromatic amines is 1. The number of aromatic nitrogens is 4. The Bertz CT molecular complexity index is 1260. The number of benzene rings is 1. The van der Waals surface area contributed by atoms with E-state index in [1.54, 1.807) is 6.20 Å². The lowest BCUT2D eigenvalue weighted by atomic mass is 9.77. The first-order valence-corrected chi connectivity index (χ1v) is 16.9. The van der Waals surface area contributed by atoms with E-state index in [0.29, 0.717) is 31.5 Å². The van der Waals surface area contributed by atoms with Gasteiger partial charge in [-0.2, -0.15) is 0 Å². The summed E-state index contributed by atoms with van der Waals surface area (Å²) >= 11 is 0. The van der Waals surface area contributed by atoms with Gasteiger partial charge in [0.2, 0.25) is 0 Å². The van der Waals surface area contributed by atoms with Crippen molar-refractivity contribution in [3.05, 3.63) is 71.8 Å². The quantitative estimate of drug-likeness (QED) is 0.213. The molecule has 240 valence electrons. The third-order valence-corrected chi connectivity index (χ3v) is 9.85. The second-order valence-electron chi connectivity index (χ2n) is 12.9. The highest BCUT2D eigenvalue weighted by Gasteiger charge is 2.41. The number of nitrogens with zero attached hydrogens (tertiary/aromatic N) is 6. The predicted molar refractivity (Wildman–Crippen MR) is 174 cm³/mol. The van der Waals surface area contributed by atoms with Gasteiger partial charge in [-0.1, -0.05) is 38.1 Å². The Labute approximate surface area is 264 Å². The molecule has 3 aromatic rings. The molecule has 9 heteroatoms. The molecular formula is C35H53N7O2. The number of rotatable bonds is 16. The highest BCUT2D eigenvalue weighted by molar-refractivity contribution is 5.69. The van der Waals surface area contributed by atoms with E-state index in [9.17, 15) is 4.79 Å². The number of nitrogens with one attached hydrogen (secondary N) is 1. The van der Waals surface area contributed by atoms with E-state index < -0.39 is 0 Å². The second kappa shape index (κ2) is 15.8. The van der Waals surface area contributed by atoms with E-state index in [2.05, 4.69) is 72.3 Å². The highest BCUT2D eigenvalue weighted by atomic mass is 16.5. The Morgan fingerprint density at radius 3 is 2.43 bits per heavy atom. The minimum absolute atomic E-state index is 0.140. The van der Waals surface area contributed by atoms with E-state index >= 15 is 0 Å². The zero-order valence-electron chi connectivity index (χ0n) is 27.2. The molecule has 0 atom stereocenters. The summed E-state index contributed by atoms with van der Waals surface area (Å²) in [4.78, 5) is 32.0. The maximum atomic E-state index is 11.8. The van der Waals surface area contributed by atoms with Gasteiger partial charge in [-0.25, -0.2) is 9.97 Å². The summed E-state index contributed by atoms with van der Waals surface area (Å²) in [6.07, 6.45) is 15.3. The van der Waals surface area contributed by atoms with Gasteiger partial charge in [0.15, 0.2) is 0 Å². The van der Waals surface area contributed by atoms with Gasteiger partial charge >= 0.3 is 5.97 Å². The molecule has 2 aliphatic rings. The van der Waals surface area contributed by atoms with Crippen molar-refractivity contribution >= 4 is 5.97 Å². The van der Waals surface area contributed by atoms with E-state index in [0.717, 1.165) is 43.7 Å². The molecule has 2 aromatic heterocycles. The fourth-order valence-electron chi connectivity index (χ4n) is 7.29. The molecule has 2 saturated heterocycles. The Kier molecular flexibility index (Phi) is 11.6. The normalized spacial score (nSPS) is 17.3. The molecular weight excluding hydrogens is 550 g/mol. The van der Waals surface area contributed by atoms with Gasteiger partial charge < -0.3 is 19.2 Å². The van der Waals surface area contributed by atoms with Crippen LogP contribution in [0.5, 0.6) is 0 Å². The largest absolute Gasteiger partial charge is 0.466 e. The SMILES string of the molecule is CCOC(=O)CCCn1ccnc1CN(Cc1ccc(CN2CCC3(CCN(C(CC)CC)CC3)C2)cc1)Cc1ncc[nH]1. The standard InChI is InChI=1S/C35H53N7O2/c1-4-31(5-2)41-21-14-35(15-22-41)13-20-39(28-35)24-29-9-11-30(12-10-29)25-40(26-32-36-16-17-37-32)27-33-38-18-23-42(33)19-7-8-34(43)44-6-3/h9-12,16-18,23,31H,4-8,13-15,19-22,24-28H2,1-3H3,(H,36,37). The topological polar surface area (TPSA) is 82.5 Å². The van der Waals surface area contributed by atoms with Crippen LogP contribution in [0.25, 0.3) is 0 Å². The van der Waals surface area contributed by atoms with Crippen LogP contribution in [0.3, 0.4) is 0 Å². The summed E-state index contributed by atoms with van der Waals surface area (Å²) in [5.74, 6) is 1.79. The first-order chi connectivity index (χ1) is 21.5. The van der Waals surface area contributed by atoms with E-state index in [1.165, 1.54) is 69.4 Å². The molecule has 0 bridgehead atoms. The molecule has 1 aromatic carbocycles. The number of imidazole rings is 2. The summed E-state index contributed by atoms with van der Waals surface area (Å²) < 4.78 is 7.23. The van der Waals surface area contributed by atoms with Gasteiger partial charge in [0.05, 0.1) is 19.7 Å². The summed E-state index contributed by atoms with van der Waals surface area (Å²) in [6, 6.07) is 9.98. The molecule has 0 amide bonds. The van der Waals surface area contributed by atoms with E-state index in [-0.39, 0.29) is 5.97 Å². The molecule has 0 saturated carbocycles. The molecule has 0 radical (unpaired) electrons. The monoisotopic (exact) mass is 603 g/mol. The van der Waals surface area contributed by atoms with Crippen molar-refractivity contribution in [2.75, 3.05) is 32.8 Å². The van der Waals surface area contributed by atoms with Crippen LogP contribution < -0.4 is 0 Å². The van der Waals surface area contributed by atoms with Crippen LogP contribution >= 0.6 is 0 Å². The summed E-state index contributed by atoms with van der Waals surface area (Å²) in [7, 11) is 0. The van der Waals surface area contributed by atoms with Gasteiger partial charge in [0.25, 0.3) is 0 Å². The number of likely N-dealkylation sites (tertiary alicyclic amines) is 2. The van der Waals surface area contributed by atoms with Crippen molar-refractivity contribution in [2.24, 2.45) is 5.41 Å². The average Bonchev–Trinajstić information content (AvgIpc) is 3.79. The predicted octanol–water partition coefficient (Wildman–Crippen LogP) is 5.63. The summed E-state index contributed by atoms with van der Waals surface area (Å²) in [5, 5.41) is 0. The molecule has 0 aliphatic carbocycles. The van der Waals surface area contributed by atoms with Crippen LogP contribution in [0.4, 0.5) is 0 Å². The number of esters is 1. The Balaban J connectivity index is 1.15. The molecule has 9 nitrogen and oxygen atoms in total. The van der Waals surface area contributed by atoms with Crippen LogP contribution in [0.15, 0.2) is 49.1 Å². The van der Waals surface area contributed by atoms with Crippen LogP contribution in [0, 0.1) is 5.41 Å². The number of carbonyl (C=O) groups is 1. The summed E-state index contributed by atoms with van der Waals surface area (Å²) in [5.41, 5.74) is 3.21. The zero-order valence-corrected chi connectivity index (χ0v) is 27.2. The average molecular weight is 604 g/mol. The molecule has 44 heavy (non-hydrogen) atoms. The summed E-state index contributed by atoms with van der Waals surface area (Å²) in [6.45, 7) is 15.9. The minimum Gasteiger partial charge on any atom is -0.466 e. The van der Waals surface area contributed by atoms with Gasteiger partial charge in [-0.05, 0) is 81.6 Å². The lowest BCUT2D eigenvalue weighted by Crippen LogP contribution is -2.45. The van der Waals surface area contributed by atoms with Crippen molar-refractivity contribution in [2.45, 2.75) is 104 Å². The fourth-order valence-corrected chi connectivity index (χ4v) is 7.29. The zero-order chi connectivity index (χ0) is 30.8.